The van der Waals surface area contributed by atoms with Crippen molar-refractivity contribution < 1.29 is 25.0 Å². The van der Waals surface area contributed by atoms with Crippen molar-refractivity contribution in [1.82, 2.24) is 0 Å². The van der Waals surface area contributed by atoms with E-state index in [1.807, 2.05) is 0 Å². The first kappa shape index (κ1) is 10.8. The minimum atomic E-state index is -1.81. The fourth-order valence-corrected chi connectivity index (χ4v) is 1.19. The van der Waals surface area contributed by atoms with Gasteiger partial charge in [0, 0.05) is 0 Å². The number of aliphatic hydroxyl groups excluding tert-OH is 1. The molecule has 0 saturated heterocycles. The summed E-state index contributed by atoms with van der Waals surface area (Å²) in [4.78, 5) is 0. The predicted octanol–water partition coefficient (Wildman–Crippen LogP) is -1.43. The number of phenols is 1. The van der Waals surface area contributed by atoms with Crippen LogP contribution in [-0.2, 0) is 6.61 Å². The first-order valence-corrected chi connectivity index (χ1v) is 3.97. The Labute approximate surface area is 81.3 Å². The van der Waals surface area contributed by atoms with Crippen molar-refractivity contribution in [2.75, 3.05) is 7.11 Å². The van der Waals surface area contributed by atoms with Crippen molar-refractivity contribution >= 4 is 12.6 Å². The number of aromatic hydroxyl groups is 1. The summed E-state index contributed by atoms with van der Waals surface area (Å²) in [6, 6.07) is 2.67. The summed E-state index contributed by atoms with van der Waals surface area (Å²) >= 11 is 0. The van der Waals surface area contributed by atoms with Gasteiger partial charge in [0.05, 0.1) is 19.2 Å². The molecule has 0 amide bonds. The van der Waals surface area contributed by atoms with Crippen LogP contribution in [0.2, 0.25) is 0 Å². The summed E-state index contributed by atoms with van der Waals surface area (Å²) < 4.78 is 4.84. The fourth-order valence-electron chi connectivity index (χ4n) is 1.19. The molecule has 1 aromatic rings. The van der Waals surface area contributed by atoms with Crippen molar-refractivity contribution in [3.63, 3.8) is 0 Å². The van der Waals surface area contributed by atoms with E-state index in [1.165, 1.54) is 19.2 Å². The van der Waals surface area contributed by atoms with Gasteiger partial charge in [0.2, 0.25) is 0 Å². The van der Waals surface area contributed by atoms with Crippen LogP contribution in [0.25, 0.3) is 0 Å². The van der Waals surface area contributed by atoms with Crippen molar-refractivity contribution in [1.29, 1.82) is 0 Å². The summed E-state index contributed by atoms with van der Waals surface area (Å²) in [6.07, 6.45) is 0. The van der Waals surface area contributed by atoms with E-state index < -0.39 is 7.12 Å². The second-order valence-corrected chi connectivity index (χ2v) is 2.76. The molecule has 0 atom stereocenters. The van der Waals surface area contributed by atoms with Crippen LogP contribution in [0.3, 0.4) is 0 Å². The molecule has 0 bridgehead atoms. The van der Waals surface area contributed by atoms with E-state index in [4.69, 9.17) is 19.9 Å². The molecule has 5 nitrogen and oxygen atoms in total. The molecule has 76 valence electrons. The number of methoxy groups -OCH3 is 1. The van der Waals surface area contributed by atoms with Crippen molar-refractivity contribution in [3.05, 3.63) is 17.7 Å². The van der Waals surface area contributed by atoms with Crippen LogP contribution in [0, 0.1) is 0 Å². The van der Waals surface area contributed by atoms with Crippen LogP contribution in [-0.4, -0.2) is 34.5 Å². The minimum Gasteiger partial charge on any atom is -0.508 e. The zero-order valence-electron chi connectivity index (χ0n) is 7.64. The molecular weight excluding hydrogens is 187 g/mol. The first-order valence-electron chi connectivity index (χ1n) is 3.97. The Morgan fingerprint density at radius 3 is 2.43 bits per heavy atom. The van der Waals surface area contributed by atoms with Gasteiger partial charge in [0.1, 0.15) is 11.5 Å². The second-order valence-electron chi connectivity index (χ2n) is 2.76. The van der Waals surface area contributed by atoms with Crippen LogP contribution in [0.4, 0.5) is 0 Å². The Morgan fingerprint density at radius 1 is 1.36 bits per heavy atom. The highest BCUT2D eigenvalue weighted by Crippen LogP contribution is 2.19. The Bertz CT molecular complexity index is 326. The standard InChI is InChI=1S/C8H11BO5/c1-14-7-3-5(4-10)2-6(11)8(7)9(12)13/h2-3,10-13H,4H2,1H3. The molecule has 0 spiro atoms. The van der Waals surface area contributed by atoms with E-state index in [1.54, 1.807) is 0 Å². The highest BCUT2D eigenvalue weighted by Gasteiger charge is 2.22. The lowest BCUT2D eigenvalue weighted by Crippen LogP contribution is -2.31. The zero-order chi connectivity index (χ0) is 10.7. The van der Waals surface area contributed by atoms with Crippen molar-refractivity contribution in [2.45, 2.75) is 6.61 Å². The molecule has 0 fully saturated rings. The zero-order valence-corrected chi connectivity index (χ0v) is 7.64. The number of aliphatic hydroxyl groups is 1. The number of hydrogen-bond acceptors (Lipinski definition) is 5. The lowest BCUT2D eigenvalue weighted by atomic mass is 9.78. The Kier molecular flexibility index (Phi) is 3.35. The number of ether oxygens (including phenoxy) is 1. The lowest BCUT2D eigenvalue weighted by Gasteiger charge is -2.11. The molecule has 0 unspecified atom stereocenters. The number of rotatable bonds is 3. The van der Waals surface area contributed by atoms with Crippen LogP contribution in [0.1, 0.15) is 5.56 Å². The quantitative estimate of drug-likeness (QED) is 0.447. The molecular formula is C8H11BO5. The maximum absolute atomic E-state index is 9.39. The molecule has 0 aliphatic carbocycles. The SMILES string of the molecule is COc1cc(CO)cc(O)c1B(O)O. The van der Waals surface area contributed by atoms with Gasteiger partial charge >= 0.3 is 7.12 Å². The third-order valence-electron chi connectivity index (χ3n) is 1.84. The number of benzene rings is 1. The predicted molar refractivity (Wildman–Crippen MR) is 50.4 cm³/mol. The molecule has 0 aromatic heterocycles. The molecule has 14 heavy (non-hydrogen) atoms. The Hall–Kier alpha value is -1.24. The van der Waals surface area contributed by atoms with Crippen LogP contribution < -0.4 is 10.2 Å². The molecule has 4 N–H and O–H groups in total. The molecule has 0 aliphatic heterocycles. The van der Waals surface area contributed by atoms with Crippen LogP contribution >= 0.6 is 0 Å². The number of phenolic OH excluding ortho intramolecular Hbond substituents is 1. The average Bonchev–Trinajstić information content (AvgIpc) is 2.15. The highest BCUT2D eigenvalue weighted by molar-refractivity contribution is 6.60. The van der Waals surface area contributed by atoms with Gasteiger partial charge in [-0.3, -0.25) is 0 Å². The summed E-state index contributed by atoms with van der Waals surface area (Å²) in [5.74, 6) is -0.188. The van der Waals surface area contributed by atoms with E-state index in [0.717, 1.165) is 0 Å². The van der Waals surface area contributed by atoms with Gasteiger partial charge in [0.25, 0.3) is 0 Å². The largest absolute Gasteiger partial charge is 0.508 e. The summed E-state index contributed by atoms with van der Waals surface area (Å²) in [5, 5.41) is 36.1. The summed E-state index contributed by atoms with van der Waals surface area (Å²) in [6.45, 7) is -0.258. The molecule has 1 rings (SSSR count). The monoisotopic (exact) mass is 198 g/mol. The fraction of sp³-hybridized carbons (Fsp3) is 0.250. The second kappa shape index (κ2) is 4.32. The maximum Gasteiger partial charge on any atom is 0.496 e. The first-order chi connectivity index (χ1) is 6.60. The summed E-state index contributed by atoms with van der Waals surface area (Å²) in [7, 11) is -0.473. The van der Waals surface area contributed by atoms with Crippen LogP contribution in [0.15, 0.2) is 12.1 Å². The van der Waals surface area contributed by atoms with E-state index in [-0.39, 0.29) is 23.6 Å². The maximum atomic E-state index is 9.39. The topological polar surface area (TPSA) is 90.2 Å². The van der Waals surface area contributed by atoms with Gasteiger partial charge in [-0.2, -0.15) is 0 Å². The molecule has 0 radical (unpaired) electrons. The lowest BCUT2D eigenvalue weighted by molar-refractivity contribution is 0.280. The van der Waals surface area contributed by atoms with Gasteiger partial charge in [-0.25, -0.2) is 0 Å². The molecule has 1 aromatic carbocycles. The molecule has 0 aliphatic rings. The van der Waals surface area contributed by atoms with E-state index in [2.05, 4.69) is 0 Å². The van der Waals surface area contributed by atoms with E-state index >= 15 is 0 Å². The molecule has 0 saturated carbocycles. The molecule has 6 heteroatoms. The van der Waals surface area contributed by atoms with Crippen LogP contribution in [0.5, 0.6) is 11.5 Å². The van der Waals surface area contributed by atoms with Gasteiger partial charge in [-0.15, -0.1) is 0 Å². The number of hydrogen-bond donors (Lipinski definition) is 4. The third-order valence-corrected chi connectivity index (χ3v) is 1.84. The van der Waals surface area contributed by atoms with Gasteiger partial charge in [0.15, 0.2) is 0 Å². The third kappa shape index (κ3) is 1.98. The van der Waals surface area contributed by atoms with E-state index in [9.17, 15) is 5.11 Å². The summed E-state index contributed by atoms with van der Waals surface area (Å²) in [5.41, 5.74) is 0.327. The Balaban J connectivity index is 3.27. The smallest absolute Gasteiger partial charge is 0.496 e. The normalized spacial score (nSPS) is 10.0. The average molecular weight is 198 g/mol. The van der Waals surface area contributed by atoms with Gasteiger partial charge in [-0.05, 0) is 17.7 Å². The molecule has 0 heterocycles. The van der Waals surface area contributed by atoms with Crippen molar-refractivity contribution in [2.24, 2.45) is 0 Å². The van der Waals surface area contributed by atoms with Gasteiger partial charge < -0.3 is 25.0 Å². The van der Waals surface area contributed by atoms with Gasteiger partial charge in [-0.1, -0.05) is 0 Å². The Morgan fingerprint density at radius 2 is 2.00 bits per heavy atom. The minimum absolute atomic E-state index is 0.107. The van der Waals surface area contributed by atoms with Crippen molar-refractivity contribution in [3.8, 4) is 11.5 Å². The van der Waals surface area contributed by atoms with E-state index in [0.29, 0.717) is 5.56 Å². The highest BCUT2D eigenvalue weighted by atomic mass is 16.5.